The standard InChI is InChI=1S/C17H29N3O3/c1-17(2,3)23-16(21)19-9-8-14(11-18)20(13-6-7-13)12-15-5-4-10-22-15/h4-5,10,13-14H,6-9,11-12,18H2,1-3H3,(H,19,21). The van der Waals surface area contributed by atoms with Crippen LogP contribution in [0.15, 0.2) is 22.8 Å². The van der Waals surface area contributed by atoms with Crippen LogP contribution in [0.1, 0.15) is 45.8 Å². The van der Waals surface area contributed by atoms with Crippen molar-refractivity contribution in [3.63, 3.8) is 0 Å². The Morgan fingerprint density at radius 3 is 2.78 bits per heavy atom. The number of furan rings is 1. The summed E-state index contributed by atoms with van der Waals surface area (Å²) in [4.78, 5) is 14.1. The molecule has 1 aromatic rings. The van der Waals surface area contributed by atoms with E-state index in [1.807, 2.05) is 32.9 Å². The van der Waals surface area contributed by atoms with Crippen LogP contribution in [0.3, 0.4) is 0 Å². The molecular formula is C17H29N3O3. The molecule has 1 saturated carbocycles. The number of rotatable bonds is 8. The monoisotopic (exact) mass is 323 g/mol. The lowest BCUT2D eigenvalue weighted by atomic mass is 10.1. The summed E-state index contributed by atoms with van der Waals surface area (Å²) < 4.78 is 10.7. The van der Waals surface area contributed by atoms with Crippen LogP contribution in [-0.2, 0) is 11.3 Å². The first-order valence-electron chi connectivity index (χ1n) is 8.34. The summed E-state index contributed by atoms with van der Waals surface area (Å²) in [6, 6.07) is 4.70. The summed E-state index contributed by atoms with van der Waals surface area (Å²) in [5.74, 6) is 0.954. The number of carbonyl (C=O) groups is 1. The Kier molecular flexibility index (Phi) is 6.07. The second kappa shape index (κ2) is 7.84. The van der Waals surface area contributed by atoms with Gasteiger partial charge < -0.3 is 20.2 Å². The summed E-state index contributed by atoms with van der Waals surface area (Å²) in [6.45, 7) is 7.45. The van der Waals surface area contributed by atoms with Gasteiger partial charge in [-0.3, -0.25) is 4.90 Å². The maximum absolute atomic E-state index is 11.7. The van der Waals surface area contributed by atoms with Crippen molar-refractivity contribution in [3.05, 3.63) is 24.2 Å². The quantitative estimate of drug-likeness (QED) is 0.768. The molecular weight excluding hydrogens is 294 g/mol. The van der Waals surface area contributed by atoms with Gasteiger partial charge in [0.15, 0.2) is 0 Å². The summed E-state index contributed by atoms with van der Waals surface area (Å²) in [5.41, 5.74) is 5.50. The second-order valence-electron chi connectivity index (χ2n) is 7.09. The van der Waals surface area contributed by atoms with Crippen molar-refractivity contribution >= 4 is 6.09 Å². The van der Waals surface area contributed by atoms with Crippen LogP contribution < -0.4 is 11.1 Å². The highest BCUT2D eigenvalue weighted by atomic mass is 16.6. The number of nitrogens with zero attached hydrogens (tertiary/aromatic N) is 1. The number of hydrogen-bond acceptors (Lipinski definition) is 5. The maximum Gasteiger partial charge on any atom is 0.407 e. The summed E-state index contributed by atoms with van der Waals surface area (Å²) in [7, 11) is 0. The number of hydrogen-bond donors (Lipinski definition) is 2. The molecule has 1 atom stereocenters. The van der Waals surface area contributed by atoms with E-state index in [2.05, 4.69) is 10.2 Å². The maximum atomic E-state index is 11.7. The molecule has 2 rings (SSSR count). The van der Waals surface area contributed by atoms with Crippen LogP contribution in [0.2, 0.25) is 0 Å². The highest BCUT2D eigenvalue weighted by Gasteiger charge is 2.33. The number of nitrogens with two attached hydrogens (primary N) is 1. The lowest BCUT2D eigenvalue weighted by Crippen LogP contribution is -2.44. The van der Waals surface area contributed by atoms with Crippen molar-refractivity contribution in [1.82, 2.24) is 10.2 Å². The molecule has 0 aromatic carbocycles. The van der Waals surface area contributed by atoms with E-state index in [0.29, 0.717) is 19.1 Å². The molecule has 0 radical (unpaired) electrons. The lowest BCUT2D eigenvalue weighted by molar-refractivity contribution is 0.0520. The van der Waals surface area contributed by atoms with E-state index in [-0.39, 0.29) is 12.1 Å². The average Bonchev–Trinajstić information content (AvgIpc) is 3.17. The van der Waals surface area contributed by atoms with Crippen molar-refractivity contribution in [3.8, 4) is 0 Å². The predicted molar refractivity (Wildman–Crippen MR) is 89.0 cm³/mol. The fraction of sp³-hybridized carbons (Fsp3) is 0.706. The van der Waals surface area contributed by atoms with Gasteiger partial charge in [0.05, 0.1) is 12.8 Å². The zero-order valence-corrected chi connectivity index (χ0v) is 14.4. The van der Waals surface area contributed by atoms with Gasteiger partial charge in [0.2, 0.25) is 0 Å². The fourth-order valence-corrected chi connectivity index (χ4v) is 2.62. The van der Waals surface area contributed by atoms with Gasteiger partial charge in [-0.15, -0.1) is 0 Å². The first-order valence-corrected chi connectivity index (χ1v) is 8.34. The minimum Gasteiger partial charge on any atom is -0.468 e. The van der Waals surface area contributed by atoms with Crippen molar-refractivity contribution in [2.45, 2.75) is 64.3 Å². The molecule has 6 nitrogen and oxygen atoms in total. The highest BCUT2D eigenvalue weighted by molar-refractivity contribution is 5.67. The molecule has 1 unspecified atom stereocenters. The molecule has 1 fully saturated rings. The summed E-state index contributed by atoms with van der Waals surface area (Å²) >= 11 is 0. The molecule has 0 saturated heterocycles. The molecule has 1 aliphatic carbocycles. The number of alkyl carbamates (subject to hydrolysis) is 1. The van der Waals surface area contributed by atoms with Crippen LogP contribution in [-0.4, -0.2) is 41.8 Å². The molecule has 1 heterocycles. The van der Waals surface area contributed by atoms with Crippen molar-refractivity contribution in [1.29, 1.82) is 0 Å². The van der Waals surface area contributed by atoms with Gasteiger partial charge in [0.25, 0.3) is 0 Å². The zero-order chi connectivity index (χ0) is 16.9. The minimum absolute atomic E-state index is 0.225. The molecule has 3 N–H and O–H groups in total. The topological polar surface area (TPSA) is 80.7 Å². The Morgan fingerprint density at radius 1 is 1.52 bits per heavy atom. The van der Waals surface area contributed by atoms with Gasteiger partial charge in [-0.25, -0.2) is 4.79 Å². The van der Waals surface area contributed by atoms with E-state index in [1.54, 1.807) is 6.26 Å². The molecule has 130 valence electrons. The molecule has 6 heteroatoms. The normalized spacial score (nSPS) is 16.4. The molecule has 23 heavy (non-hydrogen) atoms. The first kappa shape index (κ1) is 17.8. The number of amides is 1. The fourth-order valence-electron chi connectivity index (χ4n) is 2.62. The van der Waals surface area contributed by atoms with Crippen molar-refractivity contribution in [2.24, 2.45) is 5.73 Å². The van der Waals surface area contributed by atoms with Crippen LogP contribution >= 0.6 is 0 Å². The van der Waals surface area contributed by atoms with E-state index in [4.69, 9.17) is 14.9 Å². The third-order valence-electron chi connectivity index (χ3n) is 3.82. The molecule has 1 aromatic heterocycles. The Hall–Kier alpha value is -1.53. The number of carbonyl (C=O) groups excluding carboxylic acids is 1. The van der Waals surface area contributed by atoms with Crippen LogP contribution in [0.25, 0.3) is 0 Å². The van der Waals surface area contributed by atoms with E-state index in [1.165, 1.54) is 12.8 Å². The lowest BCUT2D eigenvalue weighted by Gasteiger charge is -2.30. The zero-order valence-electron chi connectivity index (χ0n) is 14.4. The third-order valence-corrected chi connectivity index (χ3v) is 3.82. The molecule has 0 aliphatic heterocycles. The van der Waals surface area contributed by atoms with Crippen LogP contribution in [0.4, 0.5) is 4.79 Å². The van der Waals surface area contributed by atoms with Crippen molar-refractivity contribution < 1.29 is 13.9 Å². The third kappa shape index (κ3) is 6.23. The van der Waals surface area contributed by atoms with Crippen LogP contribution in [0, 0.1) is 0 Å². The second-order valence-corrected chi connectivity index (χ2v) is 7.09. The predicted octanol–water partition coefficient (Wildman–Crippen LogP) is 2.49. The minimum atomic E-state index is -0.476. The number of ether oxygens (including phenoxy) is 1. The van der Waals surface area contributed by atoms with Gasteiger partial charge in [0.1, 0.15) is 11.4 Å². The number of nitrogens with one attached hydrogen (secondary N) is 1. The average molecular weight is 323 g/mol. The summed E-state index contributed by atoms with van der Waals surface area (Å²) in [6.07, 6.45) is 4.53. The van der Waals surface area contributed by atoms with E-state index < -0.39 is 5.60 Å². The van der Waals surface area contributed by atoms with E-state index in [0.717, 1.165) is 18.7 Å². The Labute approximate surface area is 138 Å². The van der Waals surface area contributed by atoms with Crippen LogP contribution in [0.5, 0.6) is 0 Å². The van der Waals surface area contributed by atoms with Gasteiger partial charge >= 0.3 is 6.09 Å². The van der Waals surface area contributed by atoms with E-state index in [9.17, 15) is 4.79 Å². The summed E-state index contributed by atoms with van der Waals surface area (Å²) in [5, 5.41) is 2.81. The highest BCUT2D eigenvalue weighted by Crippen LogP contribution is 2.30. The Balaban J connectivity index is 1.81. The van der Waals surface area contributed by atoms with Crippen molar-refractivity contribution in [2.75, 3.05) is 13.1 Å². The largest absolute Gasteiger partial charge is 0.468 e. The SMILES string of the molecule is CC(C)(C)OC(=O)NCCC(CN)N(Cc1ccco1)C1CC1. The molecule has 0 bridgehead atoms. The van der Waals surface area contributed by atoms with Gasteiger partial charge in [-0.05, 0) is 52.2 Å². The van der Waals surface area contributed by atoms with Gasteiger partial charge in [-0.2, -0.15) is 0 Å². The van der Waals surface area contributed by atoms with Gasteiger partial charge in [-0.1, -0.05) is 0 Å². The van der Waals surface area contributed by atoms with E-state index >= 15 is 0 Å². The Bertz CT molecular complexity index is 478. The first-order chi connectivity index (χ1) is 10.9. The molecule has 1 amide bonds. The smallest absolute Gasteiger partial charge is 0.407 e. The molecule has 1 aliphatic rings. The Morgan fingerprint density at radius 2 is 2.26 bits per heavy atom. The molecule has 0 spiro atoms. The van der Waals surface area contributed by atoms with Gasteiger partial charge in [0, 0.05) is 25.2 Å².